The molecule has 4 heterocycles. The second-order valence-corrected chi connectivity index (χ2v) is 12.9. The van der Waals surface area contributed by atoms with Gasteiger partial charge in [0.25, 0.3) is 17.7 Å². The van der Waals surface area contributed by atoms with Gasteiger partial charge >= 0.3 is 0 Å². The van der Waals surface area contributed by atoms with Crippen molar-refractivity contribution in [2.45, 2.75) is 31.7 Å². The number of rotatable bonds is 16. The van der Waals surface area contributed by atoms with Gasteiger partial charge in [-0.2, -0.15) is 4.39 Å². The van der Waals surface area contributed by atoms with E-state index in [2.05, 4.69) is 15.6 Å². The number of ether oxygens (including phenoxy) is 4. The summed E-state index contributed by atoms with van der Waals surface area (Å²) >= 11 is 1.37. The van der Waals surface area contributed by atoms with E-state index in [1.807, 2.05) is 4.90 Å². The van der Waals surface area contributed by atoms with E-state index in [0.717, 1.165) is 16.1 Å². The molecule has 276 valence electrons. The minimum atomic E-state index is -1.21. The van der Waals surface area contributed by atoms with Gasteiger partial charge in [0.2, 0.25) is 17.6 Å². The van der Waals surface area contributed by atoms with Gasteiger partial charge in [0.15, 0.2) is 23.3 Å². The zero-order valence-corrected chi connectivity index (χ0v) is 28.9. The number of aryl methyl sites for hydroxylation is 1. The monoisotopic (exact) mass is 741 g/mol. The van der Waals surface area contributed by atoms with Gasteiger partial charge in [0.05, 0.1) is 49.9 Å². The molecule has 2 fully saturated rings. The number of nitrogens with zero attached hydrogens (tertiary/aromatic N) is 3. The Hall–Kier alpha value is -4.84. The van der Waals surface area contributed by atoms with Crippen LogP contribution in [0.1, 0.15) is 45.5 Å². The number of carbonyl (C=O) groups excluding carboxylic acids is 5. The predicted molar refractivity (Wildman–Crippen MR) is 182 cm³/mol. The van der Waals surface area contributed by atoms with Crippen molar-refractivity contribution >= 4 is 46.0 Å². The number of hydrogen-bond acceptors (Lipinski definition) is 12. The van der Waals surface area contributed by atoms with Crippen molar-refractivity contribution in [2.24, 2.45) is 0 Å². The number of anilines is 1. The minimum absolute atomic E-state index is 0.0502. The van der Waals surface area contributed by atoms with Crippen LogP contribution in [0.25, 0.3) is 11.3 Å². The van der Waals surface area contributed by atoms with Crippen LogP contribution in [0, 0.1) is 11.6 Å². The molecule has 0 spiro atoms. The summed E-state index contributed by atoms with van der Waals surface area (Å²) in [6.45, 7) is 3.16. The number of nitrogens with one attached hydrogen (secondary N) is 2. The Labute approximate surface area is 301 Å². The molecule has 17 heteroatoms. The number of hydrogen-bond donors (Lipinski definition) is 2. The first-order chi connectivity index (χ1) is 25.2. The molecule has 1 atom stereocenters. The first kappa shape index (κ1) is 36.9. The molecular weight excluding hydrogens is 704 g/mol. The van der Waals surface area contributed by atoms with Crippen LogP contribution in [0.3, 0.4) is 0 Å². The second kappa shape index (κ2) is 17.1. The zero-order chi connectivity index (χ0) is 36.6. The lowest BCUT2D eigenvalue weighted by atomic mass is 9.99. The average Bonchev–Trinajstić information content (AvgIpc) is 3.73. The zero-order valence-electron chi connectivity index (χ0n) is 28.1. The van der Waals surface area contributed by atoms with E-state index in [1.165, 1.54) is 17.4 Å². The Bertz CT molecular complexity index is 1830. The van der Waals surface area contributed by atoms with Crippen molar-refractivity contribution in [3.8, 4) is 17.0 Å². The van der Waals surface area contributed by atoms with Crippen molar-refractivity contribution in [1.82, 2.24) is 20.5 Å². The van der Waals surface area contributed by atoms with Crippen LogP contribution < -0.4 is 20.3 Å². The Balaban J connectivity index is 0.873. The third kappa shape index (κ3) is 8.44. The fourth-order valence-electron chi connectivity index (χ4n) is 6.09. The molecule has 6 rings (SSSR count). The fourth-order valence-corrected chi connectivity index (χ4v) is 6.97. The van der Waals surface area contributed by atoms with Crippen molar-refractivity contribution in [3.05, 3.63) is 64.0 Å². The molecule has 0 bridgehead atoms. The number of imide groups is 2. The molecule has 2 N–H and O–H groups in total. The summed E-state index contributed by atoms with van der Waals surface area (Å²) in [5.41, 5.74) is 1.82. The molecule has 2 saturated heterocycles. The number of aromatic nitrogens is 1. The highest BCUT2D eigenvalue weighted by atomic mass is 32.1. The number of morpholine rings is 1. The van der Waals surface area contributed by atoms with Crippen LogP contribution >= 0.6 is 11.3 Å². The van der Waals surface area contributed by atoms with E-state index in [4.69, 9.17) is 18.9 Å². The summed E-state index contributed by atoms with van der Waals surface area (Å²) in [6.07, 6.45) is 1.15. The maximum atomic E-state index is 14.8. The molecule has 52 heavy (non-hydrogen) atoms. The summed E-state index contributed by atoms with van der Waals surface area (Å²) < 4.78 is 50.8. The molecular formula is C35H37F2N5O9S. The third-order valence-corrected chi connectivity index (χ3v) is 9.58. The van der Waals surface area contributed by atoms with Gasteiger partial charge in [-0.1, -0.05) is 12.1 Å². The van der Waals surface area contributed by atoms with Crippen molar-refractivity contribution < 1.29 is 51.7 Å². The molecule has 14 nitrogen and oxygen atoms in total. The number of carbonyl (C=O) groups is 5. The number of benzene rings is 2. The molecule has 1 unspecified atom stereocenters. The Morgan fingerprint density at radius 3 is 2.58 bits per heavy atom. The fraction of sp³-hybridized carbons (Fsp3) is 0.429. The molecule has 3 aliphatic heterocycles. The number of piperidine rings is 1. The highest BCUT2D eigenvalue weighted by Crippen LogP contribution is 2.36. The number of amides is 5. The van der Waals surface area contributed by atoms with E-state index in [1.54, 1.807) is 23.6 Å². The molecule has 3 aromatic rings. The van der Waals surface area contributed by atoms with Crippen LogP contribution in [-0.2, 0) is 35.0 Å². The van der Waals surface area contributed by atoms with Crippen LogP contribution in [0.5, 0.6) is 5.75 Å². The largest absolute Gasteiger partial charge is 0.480 e. The first-order valence-electron chi connectivity index (χ1n) is 16.9. The average molecular weight is 742 g/mol. The summed E-state index contributed by atoms with van der Waals surface area (Å²) in [5.74, 6) is -5.43. The van der Waals surface area contributed by atoms with Crippen LogP contribution in [-0.4, -0.2) is 111 Å². The standard InChI is InChI=1S/C35H37F2N5O9S/c36-24-7-6-22(25-20-52-35(39-25)41-11-15-50-16-12-41)31(30(24)37)51-19-28(44)38-10-14-49-18-17-48-13-2-4-21-3-1-5-23-29(21)34(47)42(33(23)46)26-8-9-27(43)40-32(26)45/h1,3,5-7,20,26H,2,4,8-19H2,(H,38,44)(H,40,43,45). The number of halogens is 2. The van der Waals surface area contributed by atoms with E-state index in [9.17, 15) is 32.8 Å². The number of thiazole rings is 1. The lowest BCUT2D eigenvalue weighted by Gasteiger charge is -2.27. The first-order valence-corrected chi connectivity index (χ1v) is 17.8. The normalized spacial score (nSPS) is 17.4. The Kier molecular flexibility index (Phi) is 12.2. The second-order valence-electron chi connectivity index (χ2n) is 12.1. The smallest absolute Gasteiger partial charge is 0.262 e. The molecule has 1 aromatic heterocycles. The van der Waals surface area contributed by atoms with Gasteiger partial charge in [-0.3, -0.25) is 34.2 Å². The summed E-state index contributed by atoms with van der Waals surface area (Å²) in [6, 6.07) is 6.35. The highest BCUT2D eigenvalue weighted by molar-refractivity contribution is 7.14. The Morgan fingerprint density at radius 2 is 1.79 bits per heavy atom. The quantitative estimate of drug-likeness (QED) is 0.164. The highest BCUT2D eigenvalue weighted by Gasteiger charge is 2.45. The van der Waals surface area contributed by atoms with Crippen molar-refractivity contribution in [1.29, 1.82) is 0 Å². The van der Waals surface area contributed by atoms with Gasteiger partial charge in [0, 0.05) is 43.6 Å². The van der Waals surface area contributed by atoms with E-state index < -0.39 is 59.6 Å². The van der Waals surface area contributed by atoms with Crippen LogP contribution in [0.2, 0.25) is 0 Å². The van der Waals surface area contributed by atoms with Crippen LogP contribution in [0.4, 0.5) is 13.9 Å². The summed E-state index contributed by atoms with van der Waals surface area (Å²) in [4.78, 5) is 70.0. The Morgan fingerprint density at radius 1 is 1.00 bits per heavy atom. The van der Waals surface area contributed by atoms with Gasteiger partial charge < -0.3 is 29.2 Å². The van der Waals surface area contributed by atoms with Gasteiger partial charge in [-0.25, -0.2) is 9.37 Å². The van der Waals surface area contributed by atoms with Crippen molar-refractivity contribution in [2.75, 3.05) is 70.8 Å². The molecule has 5 amide bonds. The summed E-state index contributed by atoms with van der Waals surface area (Å²) in [7, 11) is 0. The topological polar surface area (TPSA) is 166 Å². The SMILES string of the molecule is O=C(COc1c(-c2csc(N3CCOCC3)n2)ccc(F)c1F)NCCOCCOCCCc1cccc2c1C(=O)N(C1CCC(=O)NC1=O)C2=O. The lowest BCUT2D eigenvalue weighted by molar-refractivity contribution is -0.136. The van der Waals surface area contributed by atoms with E-state index in [0.29, 0.717) is 57.0 Å². The molecule has 0 aliphatic carbocycles. The van der Waals surface area contributed by atoms with E-state index in [-0.39, 0.29) is 55.9 Å². The summed E-state index contributed by atoms with van der Waals surface area (Å²) in [5, 5.41) is 7.25. The van der Waals surface area contributed by atoms with Gasteiger partial charge in [0.1, 0.15) is 6.04 Å². The maximum Gasteiger partial charge on any atom is 0.262 e. The number of fused-ring (bicyclic) bond motifs is 1. The molecule has 0 saturated carbocycles. The molecule has 0 radical (unpaired) electrons. The predicted octanol–water partition coefficient (Wildman–Crippen LogP) is 2.49. The maximum absolute atomic E-state index is 14.8. The van der Waals surface area contributed by atoms with E-state index >= 15 is 0 Å². The molecule has 3 aliphatic rings. The lowest BCUT2D eigenvalue weighted by Crippen LogP contribution is -2.54. The van der Waals surface area contributed by atoms with Crippen LogP contribution in [0.15, 0.2) is 35.7 Å². The molecule has 2 aromatic carbocycles. The third-order valence-electron chi connectivity index (χ3n) is 8.68. The minimum Gasteiger partial charge on any atom is -0.480 e. The van der Waals surface area contributed by atoms with Gasteiger partial charge in [-0.15, -0.1) is 11.3 Å². The van der Waals surface area contributed by atoms with Crippen molar-refractivity contribution in [3.63, 3.8) is 0 Å². The van der Waals surface area contributed by atoms with Gasteiger partial charge in [-0.05, 0) is 43.0 Å².